The van der Waals surface area contributed by atoms with Gasteiger partial charge in [0.05, 0.1) is 0 Å². The molecule has 0 saturated carbocycles. The smallest absolute Gasteiger partial charge is 0.164 e. The molecule has 5 rings (SSSR count). The summed E-state index contributed by atoms with van der Waals surface area (Å²) in [5.41, 5.74) is 4.28. The third kappa shape index (κ3) is 4.28. The quantitative estimate of drug-likeness (QED) is 0.233. The van der Waals surface area contributed by atoms with E-state index in [0.717, 1.165) is 43.1 Å². The van der Waals surface area contributed by atoms with Crippen LogP contribution in [0.3, 0.4) is 0 Å². The zero-order valence-corrected chi connectivity index (χ0v) is 19.6. The van der Waals surface area contributed by atoms with Gasteiger partial charge in [-0.3, -0.25) is 0 Å². The van der Waals surface area contributed by atoms with Crippen LogP contribution in [0.5, 0.6) is 0 Å². The largest absolute Gasteiger partial charge is 0.456 e. The maximum absolute atomic E-state index is 6.09. The first kappa shape index (κ1) is 21.0. The first-order valence-corrected chi connectivity index (χ1v) is 11.3. The summed E-state index contributed by atoms with van der Waals surface area (Å²) in [7, 11) is 0. The van der Waals surface area contributed by atoms with E-state index >= 15 is 0 Å². The molecule has 0 unspecified atom stereocenters. The predicted molar refractivity (Wildman–Crippen MR) is 139 cm³/mol. The van der Waals surface area contributed by atoms with Crippen LogP contribution in [-0.2, 0) is 0 Å². The number of fused-ring (bicyclic) bond motifs is 3. The van der Waals surface area contributed by atoms with Gasteiger partial charge in [-0.1, -0.05) is 89.3 Å². The van der Waals surface area contributed by atoms with Gasteiger partial charge in [0.25, 0.3) is 0 Å². The van der Waals surface area contributed by atoms with Gasteiger partial charge >= 0.3 is 0 Å². The highest BCUT2D eigenvalue weighted by Gasteiger charge is 2.14. The molecule has 0 atom stereocenters. The minimum Gasteiger partial charge on any atom is -0.456 e. The topological polar surface area (TPSA) is 51.8 Å². The van der Waals surface area contributed by atoms with Crippen LogP contribution in [0.2, 0.25) is 0 Å². The Labute approximate surface area is 200 Å². The van der Waals surface area contributed by atoms with Gasteiger partial charge in [0.1, 0.15) is 11.2 Å². The van der Waals surface area contributed by atoms with Crippen molar-refractivity contribution >= 4 is 43.4 Å². The number of allylic oxidation sites excluding steroid dienone is 5. The molecule has 0 spiro atoms. The van der Waals surface area contributed by atoms with Crippen LogP contribution in [0, 0.1) is 0 Å². The maximum Gasteiger partial charge on any atom is 0.164 e. The molecule has 0 bridgehead atoms. The molecule has 0 aliphatic rings. The summed E-state index contributed by atoms with van der Waals surface area (Å²) >= 11 is 3.42. The number of aromatic nitrogens is 3. The van der Waals surface area contributed by atoms with Crippen molar-refractivity contribution in [3.8, 4) is 22.8 Å². The number of benzene rings is 3. The van der Waals surface area contributed by atoms with Crippen LogP contribution in [0.4, 0.5) is 0 Å². The molecule has 2 aromatic heterocycles. The van der Waals surface area contributed by atoms with E-state index in [1.54, 1.807) is 0 Å². The normalized spacial score (nSPS) is 12.1. The minimum atomic E-state index is 0.572. The summed E-state index contributed by atoms with van der Waals surface area (Å²) in [4.78, 5) is 14.4. The summed E-state index contributed by atoms with van der Waals surface area (Å²) < 4.78 is 6.83. The zero-order chi connectivity index (χ0) is 22.8. The van der Waals surface area contributed by atoms with Crippen molar-refractivity contribution in [2.24, 2.45) is 0 Å². The third-order valence-corrected chi connectivity index (χ3v) is 5.45. The molecule has 5 aromatic rings. The van der Waals surface area contributed by atoms with Gasteiger partial charge in [-0.05, 0) is 31.2 Å². The van der Waals surface area contributed by atoms with Gasteiger partial charge in [0.2, 0.25) is 0 Å². The molecule has 0 aliphatic carbocycles. The highest BCUT2D eigenvalue weighted by Crippen LogP contribution is 2.32. The van der Waals surface area contributed by atoms with Crippen molar-refractivity contribution in [3.63, 3.8) is 0 Å². The van der Waals surface area contributed by atoms with Gasteiger partial charge in [-0.15, -0.1) is 0 Å². The van der Waals surface area contributed by atoms with E-state index in [9.17, 15) is 0 Å². The van der Waals surface area contributed by atoms with Gasteiger partial charge in [-0.2, -0.15) is 0 Å². The van der Waals surface area contributed by atoms with E-state index in [1.807, 2.05) is 85.8 Å². The Morgan fingerprint density at radius 3 is 2.27 bits per heavy atom. The molecule has 0 saturated heterocycles. The first-order chi connectivity index (χ1) is 16.1. The van der Waals surface area contributed by atoms with Gasteiger partial charge in [0, 0.05) is 32.0 Å². The van der Waals surface area contributed by atoms with Gasteiger partial charge in [0.15, 0.2) is 17.5 Å². The van der Waals surface area contributed by atoms with Crippen LogP contribution in [0.15, 0.2) is 107 Å². The van der Waals surface area contributed by atoms with Crippen molar-refractivity contribution in [1.82, 2.24) is 15.0 Å². The van der Waals surface area contributed by atoms with Crippen LogP contribution >= 0.6 is 15.9 Å². The molecule has 0 aliphatic heterocycles. The number of rotatable bonds is 5. The summed E-state index contributed by atoms with van der Waals surface area (Å²) in [5, 5.41) is 2.16. The Bertz CT molecular complexity index is 1550. The number of halogens is 1. The average molecular weight is 494 g/mol. The average Bonchev–Trinajstić information content (AvgIpc) is 3.22. The number of hydrogen-bond donors (Lipinski definition) is 0. The van der Waals surface area contributed by atoms with E-state index in [2.05, 4.69) is 34.6 Å². The first-order valence-electron chi connectivity index (χ1n) is 10.5. The lowest BCUT2D eigenvalue weighted by molar-refractivity contribution is 0.669. The van der Waals surface area contributed by atoms with Crippen LogP contribution in [-0.4, -0.2) is 15.0 Å². The lowest BCUT2D eigenvalue weighted by Crippen LogP contribution is -2.02. The summed E-state index contributed by atoms with van der Waals surface area (Å²) in [6.45, 7) is 5.90. The Hall–Kier alpha value is -3.83. The van der Waals surface area contributed by atoms with Crippen molar-refractivity contribution < 1.29 is 4.42 Å². The predicted octanol–water partition coefficient (Wildman–Crippen LogP) is 7.97. The molecule has 0 fully saturated rings. The molecular weight excluding hydrogens is 474 g/mol. The second-order valence-electron chi connectivity index (χ2n) is 7.53. The Morgan fingerprint density at radius 2 is 1.52 bits per heavy atom. The second kappa shape index (κ2) is 8.96. The van der Waals surface area contributed by atoms with E-state index in [1.165, 1.54) is 0 Å². The van der Waals surface area contributed by atoms with Crippen molar-refractivity contribution in [3.05, 3.63) is 108 Å². The Balaban J connectivity index is 1.72. The fourth-order valence-electron chi connectivity index (χ4n) is 3.75. The van der Waals surface area contributed by atoms with Crippen LogP contribution in [0.1, 0.15) is 12.7 Å². The number of nitrogens with zero attached hydrogens (tertiary/aromatic N) is 3. The number of hydrogen-bond acceptors (Lipinski definition) is 4. The molecule has 5 heteroatoms. The molecule has 33 heavy (non-hydrogen) atoms. The summed E-state index contributed by atoms with van der Waals surface area (Å²) in [6.07, 6.45) is 5.81. The fraction of sp³-hybridized carbons (Fsp3) is 0.0357. The number of para-hydroxylation sites is 1. The molecule has 0 amide bonds. The van der Waals surface area contributed by atoms with E-state index in [4.69, 9.17) is 19.4 Å². The molecule has 3 aromatic carbocycles. The highest BCUT2D eigenvalue weighted by molar-refractivity contribution is 9.11. The summed E-state index contributed by atoms with van der Waals surface area (Å²) in [6, 6.07) is 24.0. The zero-order valence-electron chi connectivity index (χ0n) is 18.0. The van der Waals surface area contributed by atoms with Gasteiger partial charge in [-0.25, -0.2) is 15.0 Å². The lowest BCUT2D eigenvalue weighted by Gasteiger charge is -2.09. The monoisotopic (exact) mass is 493 g/mol. The standard InChI is InChI=1S/C28H20BrN3O/c1-3-9-20(16-18(2)29)27-30-26(19-10-5-4-6-11-19)31-28(32-27)21-14-15-23-22-12-7-8-13-24(22)33-25(23)17-21/h3-17H,2H2,1H3/b9-3-,20-16+. The molecule has 0 N–H and O–H groups in total. The van der Waals surface area contributed by atoms with Crippen molar-refractivity contribution in [1.29, 1.82) is 0 Å². The Kier molecular flexibility index (Phi) is 5.71. The van der Waals surface area contributed by atoms with Crippen molar-refractivity contribution in [2.45, 2.75) is 6.92 Å². The lowest BCUT2D eigenvalue weighted by atomic mass is 10.1. The molecule has 0 radical (unpaired) electrons. The fourth-order valence-corrected chi connectivity index (χ4v) is 4.00. The minimum absolute atomic E-state index is 0.572. The molecule has 160 valence electrons. The third-order valence-electron chi connectivity index (χ3n) is 5.22. The second-order valence-corrected chi connectivity index (χ2v) is 8.55. The Morgan fingerprint density at radius 1 is 0.818 bits per heavy atom. The van der Waals surface area contributed by atoms with Gasteiger partial charge < -0.3 is 4.42 Å². The van der Waals surface area contributed by atoms with E-state index < -0.39 is 0 Å². The van der Waals surface area contributed by atoms with Crippen LogP contribution in [0.25, 0.3) is 50.3 Å². The molecule has 4 nitrogen and oxygen atoms in total. The molecular formula is C28H20BrN3O. The number of furan rings is 1. The maximum atomic E-state index is 6.09. The van der Waals surface area contributed by atoms with Crippen molar-refractivity contribution in [2.75, 3.05) is 0 Å². The van der Waals surface area contributed by atoms with Crippen LogP contribution < -0.4 is 0 Å². The summed E-state index contributed by atoms with van der Waals surface area (Å²) in [5.74, 6) is 1.76. The van der Waals surface area contributed by atoms with E-state index in [0.29, 0.717) is 17.5 Å². The highest BCUT2D eigenvalue weighted by atomic mass is 79.9. The molecule has 2 heterocycles. The van der Waals surface area contributed by atoms with E-state index in [-0.39, 0.29) is 0 Å². The SMILES string of the molecule is C=C(Br)/C=C(\C=C/C)c1nc(-c2ccccc2)nc(-c2ccc3c(c2)oc2ccccc23)n1.